The molecule has 0 saturated carbocycles. The van der Waals surface area contributed by atoms with E-state index < -0.39 is 31.5 Å². The molecule has 0 bridgehead atoms. The Morgan fingerprint density at radius 3 is 2.34 bits per heavy atom. The van der Waals surface area contributed by atoms with Gasteiger partial charge in [-0.3, -0.25) is 9.67 Å². The summed E-state index contributed by atoms with van der Waals surface area (Å²) in [7, 11) is -4.27. The lowest BCUT2D eigenvalue weighted by Gasteiger charge is -2.31. The number of aromatic amines is 1. The minimum atomic E-state index is -4.79. The number of hydrogen-bond donors (Lipinski definition) is 1. The second kappa shape index (κ2) is 8.50. The minimum Gasteiger partial charge on any atom is -0.378 e. The van der Waals surface area contributed by atoms with Crippen molar-refractivity contribution in [2.24, 2.45) is 0 Å². The Morgan fingerprint density at radius 1 is 1.06 bits per heavy atom. The SMILES string of the molecule is O=S(=O)(c1ccc(-n2cn[nH]c2=S)c(N2CCOCC2)c1)c1ccc(Cl)c(C(F)(F)F)c1. The van der Waals surface area contributed by atoms with Gasteiger partial charge in [-0.05, 0) is 48.6 Å². The molecule has 1 aromatic heterocycles. The molecule has 0 radical (unpaired) electrons. The molecule has 170 valence electrons. The summed E-state index contributed by atoms with van der Waals surface area (Å²) in [6, 6.07) is 6.83. The largest absolute Gasteiger partial charge is 0.417 e. The first-order chi connectivity index (χ1) is 15.1. The van der Waals surface area contributed by atoms with E-state index in [-0.39, 0.29) is 4.90 Å². The number of alkyl halides is 3. The Labute approximate surface area is 191 Å². The number of aromatic nitrogens is 3. The van der Waals surface area contributed by atoms with Crippen molar-refractivity contribution in [3.63, 3.8) is 0 Å². The van der Waals surface area contributed by atoms with Gasteiger partial charge in [0.1, 0.15) is 6.33 Å². The van der Waals surface area contributed by atoms with Gasteiger partial charge in [0.2, 0.25) is 9.84 Å². The fraction of sp³-hybridized carbons (Fsp3) is 0.263. The fourth-order valence-electron chi connectivity index (χ4n) is 3.38. The summed E-state index contributed by atoms with van der Waals surface area (Å²) < 4.78 is 73.5. The number of nitrogens with one attached hydrogen (secondary N) is 1. The quantitative estimate of drug-likeness (QED) is 0.534. The molecule has 1 aliphatic rings. The highest BCUT2D eigenvalue weighted by molar-refractivity contribution is 7.91. The number of hydrogen-bond acceptors (Lipinski definition) is 6. The molecule has 3 aromatic rings. The van der Waals surface area contributed by atoms with Crippen molar-refractivity contribution in [1.82, 2.24) is 14.8 Å². The Kier molecular flexibility index (Phi) is 6.05. The average Bonchev–Trinajstić information content (AvgIpc) is 3.19. The van der Waals surface area contributed by atoms with Crippen molar-refractivity contribution in [2.75, 3.05) is 31.2 Å². The molecule has 32 heavy (non-hydrogen) atoms. The van der Waals surface area contributed by atoms with Crippen molar-refractivity contribution >= 4 is 39.3 Å². The predicted molar refractivity (Wildman–Crippen MR) is 114 cm³/mol. The summed E-state index contributed by atoms with van der Waals surface area (Å²) in [6.07, 6.45) is -3.33. The van der Waals surface area contributed by atoms with E-state index in [2.05, 4.69) is 10.2 Å². The van der Waals surface area contributed by atoms with Crippen LogP contribution in [0.1, 0.15) is 5.56 Å². The number of H-pyrrole nitrogens is 1. The van der Waals surface area contributed by atoms with Gasteiger partial charge in [0.15, 0.2) is 4.77 Å². The average molecular weight is 505 g/mol. The highest BCUT2D eigenvalue weighted by atomic mass is 35.5. The third-order valence-corrected chi connectivity index (χ3v) is 7.34. The number of rotatable bonds is 4. The molecule has 1 N–H and O–H groups in total. The van der Waals surface area contributed by atoms with Crippen molar-refractivity contribution < 1.29 is 26.3 Å². The van der Waals surface area contributed by atoms with Crippen LogP contribution < -0.4 is 4.90 Å². The predicted octanol–water partition coefficient (Wildman–Crippen LogP) is 4.27. The van der Waals surface area contributed by atoms with Crippen LogP contribution in [0.3, 0.4) is 0 Å². The van der Waals surface area contributed by atoms with Gasteiger partial charge in [0, 0.05) is 13.1 Å². The van der Waals surface area contributed by atoms with E-state index in [1.54, 1.807) is 10.6 Å². The number of morpholine rings is 1. The molecule has 0 spiro atoms. The second-order valence-electron chi connectivity index (χ2n) is 6.92. The molecule has 1 saturated heterocycles. The van der Waals surface area contributed by atoms with E-state index in [1.807, 2.05) is 4.90 Å². The zero-order valence-electron chi connectivity index (χ0n) is 16.3. The Bertz CT molecular complexity index is 1320. The van der Waals surface area contributed by atoms with E-state index in [9.17, 15) is 21.6 Å². The maximum absolute atomic E-state index is 13.3. The molecule has 13 heteroatoms. The van der Waals surface area contributed by atoms with E-state index in [1.165, 1.54) is 18.5 Å². The van der Waals surface area contributed by atoms with Crippen LogP contribution in [-0.2, 0) is 20.8 Å². The van der Waals surface area contributed by atoms with Gasteiger partial charge < -0.3 is 9.64 Å². The monoisotopic (exact) mass is 504 g/mol. The molecular weight excluding hydrogens is 489 g/mol. The van der Waals surface area contributed by atoms with Crippen molar-refractivity contribution in [3.05, 3.63) is 58.1 Å². The molecule has 2 aromatic carbocycles. The smallest absolute Gasteiger partial charge is 0.378 e. The van der Waals surface area contributed by atoms with Crippen LogP contribution in [0.5, 0.6) is 0 Å². The highest BCUT2D eigenvalue weighted by Gasteiger charge is 2.35. The van der Waals surface area contributed by atoms with Gasteiger partial charge in [-0.1, -0.05) is 11.6 Å². The number of anilines is 1. The Morgan fingerprint density at radius 2 is 1.72 bits per heavy atom. The summed E-state index contributed by atoms with van der Waals surface area (Å²) in [5.41, 5.74) is -0.0939. The molecule has 0 unspecified atom stereocenters. The standard InChI is InChI=1S/C19H16ClF3N4O3S2/c20-15-3-1-12(9-14(15)19(21,22)23)32(28,29)13-2-4-16(27-11-24-25-18(27)31)17(10-13)26-5-7-30-8-6-26/h1-4,9-11H,5-8H2,(H,25,31). The van der Waals surface area contributed by atoms with Gasteiger partial charge in [-0.2, -0.15) is 18.3 Å². The number of sulfone groups is 1. The lowest BCUT2D eigenvalue weighted by atomic mass is 10.2. The second-order valence-corrected chi connectivity index (χ2v) is 9.67. The van der Waals surface area contributed by atoms with Gasteiger partial charge >= 0.3 is 6.18 Å². The first-order valence-corrected chi connectivity index (χ1v) is 11.6. The molecule has 1 aliphatic heterocycles. The van der Waals surface area contributed by atoms with Crippen LogP contribution in [0.15, 0.2) is 52.5 Å². The number of benzene rings is 2. The first-order valence-electron chi connectivity index (χ1n) is 9.30. The van der Waals surface area contributed by atoms with E-state index in [0.717, 1.165) is 12.1 Å². The summed E-state index contributed by atoms with van der Waals surface area (Å²) in [4.78, 5) is 1.26. The van der Waals surface area contributed by atoms with Crippen LogP contribution in [0, 0.1) is 4.77 Å². The first kappa shape index (κ1) is 22.8. The third-order valence-electron chi connectivity index (χ3n) is 4.97. The molecule has 4 rings (SSSR count). The number of nitrogens with zero attached hydrogens (tertiary/aromatic N) is 3. The summed E-state index contributed by atoms with van der Waals surface area (Å²) in [5, 5.41) is 5.96. The molecule has 0 aliphatic carbocycles. The summed E-state index contributed by atoms with van der Waals surface area (Å²) in [5.74, 6) is 0. The van der Waals surface area contributed by atoms with Gasteiger partial charge in [0.25, 0.3) is 0 Å². The third kappa shape index (κ3) is 4.27. The molecule has 7 nitrogen and oxygen atoms in total. The molecule has 0 atom stereocenters. The van der Waals surface area contributed by atoms with Crippen molar-refractivity contribution in [1.29, 1.82) is 0 Å². The van der Waals surface area contributed by atoms with Crippen LogP contribution in [-0.4, -0.2) is 49.5 Å². The molecular formula is C19H16ClF3N4O3S2. The number of halogens is 4. The Hall–Kier alpha value is -2.41. The van der Waals surface area contributed by atoms with E-state index in [4.69, 9.17) is 28.6 Å². The van der Waals surface area contributed by atoms with Crippen LogP contribution in [0.2, 0.25) is 5.02 Å². The molecule has 2 heterocycles. The van der Waals surface area contributed by atoms with Gasteiger partial charge in [0.05, 0.1) is 45.0 Å². The zero-order valence-corrected chi connectivity index (χ0v) is 18.7. The van der Waals surface area contributed by atoms with Gasteiger partial charge in [-0.25, -0.2) is 8.42 Å². The summed E-state index contributed by atoms with van der Waals surface area (Å²) in [6.45, 7) is 1.89. The summed E-state index contributed by atoms with van der Waals surface area (Å²) >= 11 is 10.9. The van der Waals surface area contributed by atoms with E-state index in [0.29, 0.717) is 48.5 Å². The van der Waals surface area contributed by atoms with Gasteiger partial charge in [-0.15, -0.1) is 0 Å². The zero-order chi connectivity index (χ0) is 23.1. The normalized spacial score (nSPS) is 15.2. The van der Waals surface area contributed by atoms with Crippen molar-refractivity contribution in [3.8, 4) is 5.69 Å². The van der Waals surface area contributed by atoms with Crippen LogP contribution >= 0.6 is 23.8 Å². The lowest BCUT2D eigenvalue weighted by Crippen LogP contribution is -2.37. The minimum absolute atomic E-state index is 0.159. The molecule has 1 fully saturated rings. The van der Waals surface area contributed by atoms with Crippen LogP contribution in [0.25, 0.3) is 5.69 Å². The van der Waals surface area contributed by atoms with E-state index >= 15 is 0 Å². The molecule has 0 amide bonds. The Balaban J connectivity index is 1.85. The topological polar surface area (TPSA) is 80.2 Å². The van der Waals surface area contributed by atoms with Crippen molar-refractivity contribution in [2.45, 2.75) is 16.0 Å². The highest BCUT2D eigenvalue weighted by Crippen LogP contribution is 2.38. The maximum Gasteiger partial charge on any atom is 0.417 e. The fourth-order valence-corrected chi connectivity index (χ4v) is 5.11. The maximum atomic E-state index is 13.3. The lowest BCUT2D eigenvalue weighted by molar-refractivity contribution is -0.137. The van der Waals surface area contributed by atoms with Crippen LogP contribution in [0.4, 0.5) is 18.9 Å². The number of ether oxygens (including phenoxy) is 1.